The lowest BCUT2D eigenvalue weighted by molar-refractivity contribution is -0.189. The van der Waals surface area contributed by atoms with E-state index in [1.54, 1.807) is 42.7 Å². The zero-order chi connectivity index (χ0) is 39.1. The number of aliphatic hydroxyl groups is 1. The first-order valence-electron chi connectivity index (χ1n) is 20.7. The molecule has 13 nitrogen and oxygen atoms in total. The maximum Gasteiger partial charge on any atom is 0.225 e. The number of ether oxygens (including phenoxy) is 8. The van der Waals surface area contributed by atoms with Crippen molar-refractivity contribution >= 4 is 11.6 Å². The van der Waals surface area contributed by atoms with E-state index < -0.39 is 6.10 Å². The largest absolute Gasteiger partial charge is 0.392 e. The summed E-state index contributed by atoms with van der Waals surface area (Å²) in [5.74, 6) is 1.14. The van der Waals surface area contributed by atoms with Crippen molar-refractivity contribution in [2.75, 3.05) is 49.3 Å². The zero-order valence-corrected chi connectivity index (χ0v) is 34.5. The number of hydrogen-bond acceptors (Lipinski definition) is 12. The molecule has 14 unspecified atom stereocenters. The van der Waals surface area contributed by atoms with Crippen LogP contribution in [-0.2, 0) is 42.7 Å². The zero-order valence-electron chi connectivity index (χ0n) is 34.5. The Morgan fingerprint density at radius 2 is 1.37 bits per heavy atom. The summed E-state index contributed by atoms with van der Waals surface area (Å²) in [6, 6.07) is 0.271. The Balaban J connectivity index is 1.09. The third-order valence-electron chi connectivity index (χ3n) is 14.0. The molecular formula is C41H73N3O10. The van der Waals surface area contributed by atoms with Crippen molar-refractivity contribution < 1.29 is 47.8 Å². The summed E-state index contributed by atoms with van der Waals surface area (Å²) in [6.45, 7) is 7.01. The standard InChI is InChI=1S/C41H73N3O10/c1-22-10-12-30-28(14-22)41(46)44-40(43-30)25-11-13-32(33(15-25)47-4)53-21-23(2)24(3)54-39-36(50-7)18-27(19-37(39)51-8)31(45)20-29(42)26-16-34(48-5)38(52-9)35(17-26)49-6/h22-28,30-40,42-43,45H,10-21H2,1-9H3,(H,44,46). The summed E-state index contributed by atoms with van der Waals surface area (Å²) in [5.41, 5.74) is 0.513. The van der Waals surface area contributed by atoms with Gasteiger partial charge in [-0.2, -0.15) is 0 Å². The molecule has 0 radical (unpaired) electrons. The molecule has 1 aliphatic heterocycles. The van der Waals surface area contributed by atoms with Gasteiger partial charge in [-0.15, -0.1) is 0 Å². The summed E-state index contributed by atoms with van der Waals surface area (Å²) in [5, 5.41) is 27.5. The normalized spacial score (nSPS) is 42.0. The summed E-state index contributed by atoms with van der Waals surface area (Å²) in [4.78, 5) is 13.0. The number of amides is 1. The number of nitrogens with one attached hydrogen (secondary N) is 3. The van der Waals surface area contributed by atoms with Crippen LogP contribution in [0.3, 0.4) is 0 Å². The molecule has 14 atom stereocenters. The minimum atomic E-state index is -0.706. The predicted molar refractivity (Wildman–Crippen MR) is 205 cm³/mol. The van der Waals surface area contributed by atoms with E-state index in [1.165, 1.54) is 6.42 Å². The Labute approximate surface area is 324 Å². The molecule has 1 saturated heterocycles. The second-order valence-electron chi connectivity index (χ2n) is 17.3. The molecule has 5 rings (SSSR count). The van der Waals surface area contributed by atoms with Crippen molar-refractivity contribution in [3.63, 3.8) is 0 Å². The van der Waals surface area contributed by atoms with Gasteiger partial charge in [-0.3, -0.25) is 10.1 Å². The summed E-state index contributed by atoms with van der Waals surface area (Å²) < 4.78 is 48.3. The minimum Gasteiger partial charge on any atom is -0.392 e. The van der Waals surface area contributed by atoms with Crippen LogP contribution in [0, 0.1) is 40.9 Å². The molecule has 0 aromatic rings. The summed E-state index contributed by atoms with van der Waals surface area (Å²) >= 11 is 0. The van der Waals surface area contributed by atoms with Gasteiger partial charge in [0.15, 0.2) is 0 Å². The van der Waals surface area contributed by atoms with E-state index in [0.717, 1.165) is 32.1 Å². The van der Waals surface area contributed by atoms with Crippen LogP contribution in [0.4, 0.5) is 0 Å². The fourth-order valence-corrected chi connectivity index (χ4v) is 10.2. The molecule has 4 aliphatic carbocycles. The molecule has 1 heterocycles. The molecule has 4 N–H and O–H groups in total. The van der Waals surface area contributed by atoms with Crippen LogP contribution < -0.4 is 10.6 Å². The van der Waals surface area contributed by atoms with E-state index in [9.17, 15) is 9.90 Å². The molecule has 4 saturated carbocycles. The van der Waals surface area contributed by atoms with Crippen molar-refractivity contribution in [2.24, 2.45) is 35.5 Å². The Morgan fingerprint density at radius 3 is 1.96 bits per heavy atom. The molecule has 54 heavy (non-hydrogen) atoms. The van der Waals surface area contributed by atoms with Crippen LogP contribution in [0.1, 0.15) is 91.4 Å². The quantitative estimate of drug-likeness (QED) is 0.158. The average Bonchev–Trinajstić information content (AvgIpc) is 3.19. The van der Waals surface area contributed by atoms with E-state index in [0.29, 0.717) is 49.8 Å². The lowest BCUT2D eigenvalue weighted by atomic mass is 9.75. The molecule has 1 amide bonds. The van der Waals surface area contributed by atoms with E-state index >= 15 is 0 Å². The minimum absolute atomic E-state index is 0.0164. The fourth-order valence-electron chi connectivity index (χ4n) is 10.2. The highest BCUT2D eigenvalue weighted by Crippen LogP contribution is 2.38. The predicted octanol–water partition coefficient (Wildman–Crippen LogP) is 4.11. The Bertz CT molecular complexity index is 1150. The van der Waals surface area contributed by atoms with Gasteiger partial charge < -0.3 is 53.7 Å². The molecule has 0 spiro atoms. The highest BCUT2D eigenvalue weighted by Gasteiger charge is 2.46. The summed E-state index contributed by atoms with van der Waals surface area (Å²) in [7, 11) is 10.1. The maximum atomic E-state index is 13.0. The van der Waals surface area contributed by atoms with E-state index in [1.807, 2.05) is 0 Å². The van der Waals surface area contributed by atoms with Crippen molar-refractivity contribution in [1.29, 1.82) is 5.41 Å². The molecule has 5 aliphatic rings. The lowest BCUT2D eigenvalue weighted by Gasteiger charge is -2.46. The topological polar surface area (TPSA) is 159 Å². The van der Waals surface area contributed by atoms with Gasteiger partial charge in [0.1, 0.15) is 12.2 Å². The third kappa shape index (κ3) is 10.4. The second kappa shape index (κ2) is 20.4. The molecule has 0 aromatic heterocycles. The van der Waals surface area contributed by atoms with Crippen LogP contribution in [0.25, 0.3) is 0 Å². The smallest absolute Gasteiger partial charge is 0.225 e. The van der Waals surface area contributed by atoms with Crippen molar-refractivity contribution in [2.45, 2.75) is 165 Å². The van der Waals surface area contributed by atoms with Crippen LogP contribution in [0.15, 0.2) is 0 Å². The average molecular weight is 768 g/mol. The lowest BCUT2D eigenvalue weighted by Crippen LogP contribution is -2.65. The van der Waals surface area contributed by atoms with Gasteiger partial charge in [0.05, 0.1) is 67.5 Å². The van der Waals surface area contributed by atoms with E-state index in [-0.39, 0.29) is 103 Å². The molecule has 0 bridgehead atoms. The van der Waals surface area contributed by atoms with Crippen molar-refractivity contribution in [3.8, 4) is 0 Å². The van der Waals surface area contributed by atoms with Gasteiger partial charge >= 0.3 is 0 Å². The number of carbonyl (C=O) groups is 1. The van der Waals surface area contributed by atoms with Crippen LogP contribution in [-0.4, -0.2) is 139 Å². The second-order valence-corrected chi connectivity index (χ2v) is 17.3. The highest BCUT2D eigenvalue weighted by molar-refractivity contribution is 5.84. The van der Waals surface area contributed by atoms with Gasteiger partial charge in [0, 0.05) is 72.7 Å². The summed E-state index contributed by atoms with van der Waals surface area (Å²) in [6.07, 6.45) is 6.42. The van der Waals surface area contributed by atoms with Gasteiger partial charge in [-0.05, 0) is 88.9 Å². The fraction of sp³-hybridized carbons (Fsp3) is 0.951. The van der Waals surface area contributed by atoms with Crippen LogP contribution in [0.5, 0.6) is 0 Å². The van der Waals surface area contributed by atoms with E-state index in [2.05, 4.69) is 31.4 Å². The molecule has 312 valence electrons. The third-order valence-corrected chi connectivity index (χ3v) is 14.0. The Morgan fingerprint density at radius 1 is 0.759 bits per heavy atom. The van der Waals surface area contributed by atoms with Crippen molar-refractivity contribution in [3.05, 3.63) is 0 Å². The molecule has 5 fully saturated rings. The Kier molecular flexibility index (Phi) is 16.6. The monoisotopic (exact) mass is 768 g/mol. The molecular weight excluding hydrogens is 694 g/mol. The van der Waals surface area contributed by atoms with Gasteiger partial charge in [0.2, 0.25) is 5.91 Å². The number of fused-ring (bicyclic) bond motifs is 1. The SMILES string of the molecule is COC1CC(C2NC(=O)C3CC(C)CCC3N2)CCC1OCC(C)C(C)OC1C(OC)CC(C(O)CC(=N)C2CC(OC)C(OC)C(OC)C2)CC1OC. The van der Waals surface area contributed by atoms with E-state index in [4.69, 9.17) is 43.3 Å². The van der Waals surface area contributed by atoms with Gasteiger partial charge in [-0.1, -0.05) is 13.8 Å². The first-order valence-corrected chi connectivity index (χ1v) is 20.7. The number of hydrogen-bond donors (Lipinski definition) is 4. The molecule has 0 aromatic carbocycles. The number of rotatable bonds is 17. The highest BCUT2D eigenvalue weighted by atomic mass is 16.6. The first-order chi connectivity index (χ1) is 25.9. The maximum absolute atomic E-state index is 13.0. The number of carbonyl (C=O) groups excluding carboxylic acids is 1. The van der Waals surface area contributed by atoms with Crippen LogP contribution >= 0.6 is 0 Å². The Hall–Kier alpha value is -1.26. The number of aliphatic hydroxyl groups excluding tert-OH is 1. The number of methoxy groups -OCH3 is 6. The van der Waals surface area contributed by atoms with Crippen molar-refractivity contribution in [1.82, 2.24) is 10.6 Å². The first kappa shape index (κ1) is 43.9. The molecule has 13 heteroatoms. The van der Waals surface area contributed by atoms with Gasteiger partial charge in [-0.25, -0.2) is 0 Å². The van der Waals surface area contributed by atoms with Crippen LogP contribution in [0.2, 0.25) is 0 Å². The van der Waals surface area contributed by atoms with Gasteiger partial charge in [0.25, 0.3) is 0 Å².